The molecule has 1 atom stereocenters. The molecule has 0 saturated carbocycles. The Bertz CT molecular complexity index is 1140. The van der Waals surface area contributed by atoms with Crippen molar-refractivity contribution in [3.05, 3.63) is 46.7 Å². The van der Waals surface area contributed by atoms with Crippen molar-refractivity contribution in [1.29, 1.82) is 0 Å². The van der Waals surface area contributed by atoms with Gasteiger partial charge in [0.05, 0.1) is 29.3 Å². The van der Waals surface area contributed by atoms with Gasteiger partial charge in [-0.3, -0.25) is 9.25 Å². The number of oxazole rings is 1. The molecule has 3 heterocycles. The first kappa shape index (κ1) is 18.0. The Morgan fingerprint density at radius 1 is 1.33 bits per heavy atom. The fraction of sp³-hybridized carbons (Fsp3) is 0.412. The highest BCUT2D eigenvalue weighted by Gasteiger charge is 2.32. The first-order chi connectivity index (χ1) is 12.9. The molecule has 27 heavy (non-hydrogen) atoms. The molecule has 1 fully saturated rings. The van der Waals surface area contributed by atoms with Gasteiger partial charge in [-0.1, -0.05) is 0 Å². The van der Waals surface area contributed by atoms with Crippen LogP contribution in [0.4, 0.5) is 0 Å². The quantitative estimate of drug-likeness (QED) is 0.659. The van der Waals surface area contributed by atoms with Crippen molar-refractivity contribution in [2.75, 3.05) is 19.7 Å². The van der Waals surface area contributed by atoms with Crippen LogP contribution in [0.3, 0.4) is 0 Å². The van der Waals surface area contributed by atoms with Crippen LogP contribution in [0.2, 0.25) is 0 Å². The molecule has 4 rings (SSSR count). The molecule has 9 nitrogen and oxygen atoms in total. The van der Waals surface area contributed by atoms with Crippen LogP contribution in [-0.4, -0.2) is 46.8 Å². The number of aryl methyl sites for hydroxylation is 2. The van der Waals surface area contributed by atoms with E-state index in [4.69, 9.17) is 9.15 Å². The standard InChI is InChI=1S/C17H20N4O5S/c1-3-20-10-12(9-18-20)16-11-21(6-7-25-16)27(23,24)13-4-5-14-15(8-13)26-17(22)19(14)2/h4-5,8-10,16H,3,6-7,11H2,1-2H3. The summed E-state index contributed by atoms with van der Waals surface area (Å²) in [6, 6.07) is 4.47. The van der Waals surface area contributed by atoms with Crippen LogP contribution in [0.25, 0.3) is 11.1 Å². The SMILES string of the molecule is CCn1cc(C2CN(S(=O)(=O)c3ccc4c(c3)oc(=O)n4C)CCO2)cn1. The first-order valence-electron chi connectivity index (χ1n) is 8.64. The van der Waals surface area contributed by atoms with Gasteiger partial charge in [0.25, 0.3) is 0 Å². The highest BCUT2D eigenvalue weighted by molar-refractivity contribution is 7.89. The number of nitrogens with zero attached hydrogens (tertiary/aromatic N) is 4. The minimum atomic E-state index is -3.74. The molecule has 0 N–H and O–H groups in total. The number of fused-ring (bicyclic) bond motifs is 1. The summed E-state index contributed by atoms with van der Waals surface area (Å²) in [6.07, 6.45) is 3.20. The molecule has 10 heteroatoms. The van der Waals surface area contributed by atoms with Crippen molar-refractivity contribution in [3.63, 3.8) is 0 Å². The zero-order valence-corrected chi connectivity index (χ0v) is 15.8. The maximum atomic E-state index is 13.1. The normalized spacial score (nSPS) is 19.0. The van der Waals surface area contributed by atoms with E-state index in [2.05, 4.69) is 5.10 Å². The molecule has 0 bridgehead atoms. The smallest absolute Gasteiger partial charge is 0.408 e. The summed E-state index contributed by atoms with van der Waals surface area (Å²) < 4.78 is 41.5. The van der Waals surface area contributed by atoms with Crippen LogP contribution >= 0.6 is 0 Å². The summed E-state index contributed by atoms with van der Waals surface area (Å²) in [7, 11) is -2.17. The average Bonchev–Trinajstić information content (AvgIpc) is 3.26. The van der Waals surface area contributed by atoms with E-state index < -0.39 is 15.8 Å². The number of hydrogen-bond donors (Lipinski definition) is 0. The Morgan fingerprint density at radius 3 is 2.89 bits per heavy atom. The zero-order valence-electron chi connectivity index (χ0n) is 15.0. The number of aromatic nitrogens is 3. The highest BCUT2D eigenvalue weighted by Crippen LogP contribution is 2.27. The lowest BCUT2D eigenvalue weighted by Crippen LogP contribution is -2.42. The molecule has 1 aliphatic rings. The lowest BCUT2D eigenvalue weighted by molar-refractivity contribution is -0.00260. The van der Waals surface area contributed by atoms with Gasteiger partial charge in [-0.25, -0.2) is 13.2 Å². The summed E-state index contributed by atoms with van der Waals surface area (Å²) in [5, 5.41) is 4.22. The van der Waals surface area contributed by atoms with Crippen molar-refractivity contribution in [2.45, 2.75) is 24.5 Å². The second-order valence-electron chi connectivity index (χ2n) is 6.41. The van der Waals surface area contributed by atoms with E-state index in [1.807, 2.05) is 13.1 Å². The van der Waals surface area contributed by atoms with Gasteiger partial charge in [-0.15, -0.1) is 0 Å². The third-order valence-electron chi connectivity index (χ3n) is 4.78. The van der Waals surface area contributed by atoms with Gasteiger partial charge in [0.1, 0.15) is 0 Å². The Hall–Kier alpha value is -2.43. The summed E-state index contributed by atoms with van der Waals surface area (Å²) in [4.78, 5) is 11.7. The Morgan fingerprint density at radius 2 is 2.15 bits per heavy atom. The van der Waals surface area contributed by atoms with E-state index in [0.717, 1.165) is 12.1 Å². The molecule has 1 aliphatic heterocycles. The van der Waals surface area contributed by atoms with Crippen molar-refractivity contribution in [1.82, 2.24) is 18.7 Å². The van der Waals surface area contributed by atoms with Gasteiger partial charge >= 0.3 is 5.76 Å². The molecule has 0 spiro atoms. The van der Waals surface area contributed by atoms with E-state index >= 15 is 0 Å². The number of sulfonamides is 1. The van der Waals surface area contributed by atoms with E-state index in [-0.39, 0.29) is 29.7 Å². The van der Waals surface area contributed by atoms with Gasteiger partial charge in [0.15, 0.2) is 5.58 Å². The lowest BCUT2D eigenvalue weighted by atomic mass is 10.2. The maximum absolute atomic E-state index is 13.1. The van der Waals surface area contributed by atoms with Crippen molar-refractivity contribution < 1.29 is 17.6 Å². The summed E-state index contributed by atoms with van der Waals surface area (Å²) in [5.41, 5.74) is 1.64. The van der Waals surface area contributed by atoms with Crippen LogP contribution in [0.15, 0.2) is 44.7 Å². The first-order valence-corrected chi connectivity index (χ1v) is 10.1. The number of hydrogen-bond acceptors (Lipinski definition) is 6. The predicted molar refractivity (Wildman–Crippen MR) is 96.8 cm³/mol. The van der Waals surface area contributed by atoms with Crippen LogP contribution in [0.5, 0.6) is 0 Å². The molecular weight excluding hydrogens is 372 g/mol. The molecule has 3 aromatic rings. The summed E-state index contributed by atoms with van der Waals surface area (Å²) in [5.74, 6) is -0.529. The van der Waals surface area contributed by atoms with Gasteiger partial charge in [-0.2, -0.15) is 9.40 Å². The molecule has 144 valence electrons. The van der Waals surface area contributed by atoms with E-state index in [0.29, 0.717) is 12.1 Å². The molecule has 2 aromatic heterocycles. The second-order valence-corrected chi connectivity index (χ2v) is 8.35. The number of ether oxygens (including phenoxy) is 1. The minimum Gasteiger partial charge on any atom is -0.408 e. The summed E-state index contributed by atoms with van der Waals surface area (Å²) in [6.45, 7) is 3.47. The van der Waals surface area contributed by atoms with Gasteiger partial charge < -0.3 is 9.15 Å². The van der Waals surface area contributed by atoms with Gasteiger partial charge in [-0.05, 0) is 19.1 Å². The van der Waals surface area contributed by atoms with Gasteiger partial charge in [0, 0.05) is 44.5 Å². The predicted octanol–water partition coefficient (Wildman–Crippen LogP) is 1.11. The van der Waals surface area contributed by atoms with Crippen LogP contribution in [0, 0.1) is 0 Å². The van der Waals surface area contributed by atoms with Crippen molar-refractivity contribution >= 4 is 21.1 Å². The maximum Gasteiger partial charge on any atom is 0.419 e. The molecule has 1 aromatic carbocycles. The largest absolute Gasteiger partial charge is 0.419 e. The monoisotopic (exact) mass is 392 g/mol. The third kappa shape index (κ3) is 3.09. The fourth-order valence-corrected chi connectivity index (χ4v) is 4.63. The third-order valence-corrected chi connectivity index (χ3v) is 6.64. The zero-order chi connectivity index (χ0) is 19.2. The highest BCUT2D eigenvalue weighted by atomic mass is 32.2. The Balaban J connectivity index is 1.63. The molecule has 0 aliphatic carbocycles. The number of morpholine rings is 1. The lowest BCUT2D eigenvalue weighted by Gasteiger charge is -2.31. The molecule has 0 amide bonds. The topological polar surface area (TPSA) is 99.6 Å². The van der Waals surface area contributed by atoms with Crippen LogP contribution < -0.4 is 5.76 Å². The minimum absolute atomic E-state index is 0.0919. The van der Waals surface area contributed by atoms with E-state index in [9.17, 15) is 13.2 Å². The fourth-order valence-electron chi connectivity index (χ4n) is 3.19. The number of benzene rings is 1. The molecule has 1 saturated heterocycles. The van der Waals surface area contributed by atoms with Crippen molar-refractivity contribution in [3.8, 4) is 0 Å². The number of rotatable bonds is 4. The average molecular weight is 392 g/mol. The summed E-state index contributed by atoms with van der Waals surface area (Å²) >= 11 is 0. The van der Waals surface area contributed by atoms with Gasteiger partial charge in [0.2, 0.25) is 10.0 Å². The Labute approximate surface area is 155 Å². The molecule has 0 radical (unpaired) electrons. The molecular formula is C17H20N4O5S. The van der Waals surface area contributed by atoms with E-state index in [1.54, 1.807) is 24.0 Å². The second kappa shape index (κ2) is 6.63. The van der Waals surface area contributed by atoms with Crippen LogP contribution in [-0.2, 0) is 28.4 Å². The molecule has 1 unspecified atom stereocenters. The van der Waals surface area contributed by atoms with Crippen LogP contribution in [0.1, 0.15) is 18.6 Å². The van der Waals surface area contributed by atoms with Crippen molar-refractivity contribution in [2.24, 2.45) is 7.05 Å². The van der Waals surface area contributed by atoms with E-state index in [1.165, 1.54) is 21.0 Å². The Kier molecular flexibility index (Phi) is 4.41.